The Bertz CT molecular complexity index is 578. The fourth-order valence-corrected chi connectivity index (χ4v) is 2.48. The summed E-state index contributed by atoms with van der Waals surface area (Å²) < 4.78 is 5.72. The first-order chi connectivity index (χ1) is 10.2. The molecule has 2 nitrogen and oxygen atoms in total. The van der Waals surface area contributed by atoms with E-state index in [-0.39, 0.29) is 17.8 Å². The molecule has 1 atom stereocenters. The molecule has 1 aromatic rings. The zero-order valence-electron chi connectivity index (χ0n) is 11.8. The Balaban J connectivity index is 2.31. The minimum atomic E-state index is -0.336. The summed E-state index contributed by atoms with van der Waals surface area (Å²) in [5.41, 5.74) is 1.15. The molecular formula is C18H17BrO2. The van der Waals surface area contributed by atoms with Gasteiger partial charge in [-0.2, -0.15) is 0 Å². The van der Waals surface area contributed by atoms with Crippen LogP contribution in [0.15, 0.2) is 77.3 Å². The second kappa shape index (κ2) is 7.79. The predicted molar refractivity (Wildman–Crippen MR) is 88.9 cm³/mol. The van der Waals surface area contributed by atoms with Crippen molar-refractivity contribution in [3.8, 4) is 0 Å². The van der Waals surface area contributed by atoms with Crippen LogP contribution in [0, 0.1) is 5.92 Å². The molecule has 108 valence electrons. The Kier molecular flexibility index (Phi) is 5.76. The molecule has 0 spiro atoms. The molecule has 0 saturated carbocycles. The molecule has 0 amide bonds. The van der Waals surface area contributed by atoms with E-state index in [4.69, 9.17) is 0 Å². The second-order valence-electron chi connectivity index (χ2n) is 4.69. The molecule has 1 aliphatic carbocycles. The Morgan fingerprint density at radius 2 is 1.76 bits per heavy atom. The Hall–Kier alpha value is -1.87. The lowest BCUT2D eigenvalue weighted by atomic mass is 9.85. The van der Waals surface area contributed by atoms with Gasteiger partial charge in [0.2, 0.25) is 0 Å². The average molecular weight is 345 g/mol. The van der Waals surface area contributed by atoms with Gasteiger partial charge < -0.3 is 4.74 Å². The van der Waals surface area contributed by atoms with Gasteiger partial charge in [-0.25, -0.2) is 4.79 Å². The van der Waals surface area contributed by atoms with Crippen LogP contribution in [0.25, 0.3) is 0 Å². The van der Waals surface area contributed by atoms with Crippen LogP contribution < -0.4 is 0 Å². The fraction of sp³-hybridized carbons (Fsp3) is 0.167. The highest BCUT2D eigenvalue weighted by atomic mass is 79.9. The van der Waals surface area contributed by atoms with E-state index in [1.165, 1.54) is 13.2 Å². The molecule has 3 heteroatoms. The average Bonchev–Trinajstić information content (AvgIpc) is 2.78. The zero-order chi connectivity index (χ0) is 15.1. The van der Waals surface area contributed by atoms with Crippen molar-refractivity contribution in [2.45, 2.75) is 5.92 Å². The quantitative estimate of drug-likeness (QED) is 0.591. The molecule has 1 aromatic carbocycles. The molecule has 0 radical (unpaired) electrons. The Labute approximate surface area is 133 Å². The number of halogens is 1. The largest absolute Gasteiger partial charge is 0.466 e. The molecule has 1 aliphatic rings. The van der Waals surface area contributed by atoms with Gasteiger partial charge in [-0.05, 0) is 17.7 Å². The van der Waals surface area contributed by atoms with Crippen LogP contribution in [0.5, 0.6) is 0 Å². The smallest absolute Gasteiger partial charge is 0.330 e. The summed E-state index contributed by atoms with van der Waals surface area (Å²) in [7, 11) is 1.39. The van der Waals surface area contributed by atoms with Gasteiger partial charge in [0.1, 0.15) is 0 Å². The summed E-state index contributed by atoms with van der Waals surface area (Å²) in [5, 5.41) is 0. The van der Waals surface area contributed by atoms with Crippen LogP contribution in [0.3, 0.4) is 0 Å². The highest BCUT2D eigenvalue weighted by Gasteiger charge is 2.17. The van der Waals surface area contributed by atoms with Gasteiger partial charge in [-0.3, -0.25) is 0 Å². The minimum Gasteiger partial charge on any atom is -0.466 e. The van der Waals surface area contributed by atoms with Crippen molar-refractivity contribution in [1.29, 1.82) is 0 Å². The van der Waals surface area contributed by atoms with E-state index in [1.807, 2.05) is 42.5 Å². The number of hydrogen-bond donors (Lipinski definition) is 0. The molecule has 0 unspecified atom stereocenters. The first-order valence-electron chi connectivity index (χ1n) is 6.74. The summed E-state index contributed by atoms with van der Waals surface area (Å²) in [6, 6.07) is 8.15. The minimum absolute atomic E-state index is 0.0876. The van der Waals surface area contributed by atoms with Gasteiger partial charge in [-0.15, -0.1) is 0 Å². The third-order valence-corrected chi connectivity index (χ3v) is 3.84. The van der Waals surface area contributed by atoms with Gasteiger partial charge in [0.05, 0.1) is 7.11 Å². The summed E-state index contributed by atoms with van der Waals surface area (Å²) >= 11 is 3.45. The molecule has 0 aliphatic heterocycles. The highest BCUT2D eigenvalue weighted by Crippen LogP contribution is 2.30. The number of ether oxygens (including phenoxy) is 1. The second-order valence-corrected chi connectivity index (χ2v) is 5.61. The highest BCUT2D eigenvalue weighted by molar-refractivity contribution is 9.10. The fourth-order valence-electron chi connectivity index (χ4n) is 2.21. The topological polar surface area (TPSA) is 26.3 Å². The number of methoxy groups -OCH3 is 1. The van der Waals surface area contributed by atoms with Crippen LogP contribution in [-0.2, 0) is 9.53 Å². The molecule has 21 heavy (non-hydrogen) atoms. The van der Waals surface area contributed by atoms with E-state index >= 15 is 0 Å². The van der Waals surface area contributed by atoms with E-state index in [2.05, 4.69) is 45.0 Å². The maximum atomic E-state index is 11.4. The van der Waals surface area contributed by atoms with Crippen molar-refractivity contribution in [2.24, 2.45) is 5.92 Å². The maximum Gasteiger partial charge on any atom is 0.330 e. The van der Waals surface area contributed by atoms with E-state index < -0.39 is 0 Å². The standard InChI is InChI=1S/C18H17BrO2/c1-21-18(20)13-12-17(14-6-4-2-3-5-7-14)15-8-10-16(19)11-9-15/h2-14,17H,1H3/b13-12+/t17-/m1/s1. The van der Waals surface area contributed by atoms with Crippen molar-refractivity contribution < 1.29 is 9.53 Å². The lowest BCUT2D eigenvalue weighted by Gasteiger charge is -2.19. The van der Waals surface area contributed by atoms with Crippen LogP contribution in [0.4, 0.5) is 0 Å². The van der Waals surface area contributed by atoms with Crippen molar-refractivity contribution in [3.63, 3.8) is 0 Å². The van der Waals surface area contributed by atoms with Crippen LogP contribution in [-0.4, -0.2) is 13.1 Å². The van der Waals surface area contributed by atoms with Crippen LogP contribution in [0.2, 0.25) is 0 Å². The number of rotatable bonds is 4. The molecule has 2 rings (SSSR count). The molecule has 0 aromatic heterocycles. The molecule has 0 saturated heterocycles. The summed E-state index contributed by atoms with van der Waals surface area (Å²) in [6.07, 6.45) is 15.7. The number of hydrogen-bond acceptors (Lipinski definition) is 2. The number of allylic oxidation sites excluding steroid dienone is 7. The third kappa shape index (κ3) is 4.57. The molecule has 0 N–H and O–H groups in total. The van der Waals surface area contributed by atoms with E-state index in [9.17, 15) is 4.79 Å². The summed E-state index contributed by atoms with van der Waals surface area (Å²) in [5.74, 6) is -0.0523. The normalized spacial score (nSPS) is 16.1. The lowest BCUT2D eigenvalue weighted by molar-refractivity contribution is -0.134. The van der Waals surface area contributed by atoms with Crippen LogP contribution >= 0.6 is 15.9 Å². The summed E-state index contributed by atoms with van der Waals surface area (Å²) in [4.78, 5) is 11.4. The molecule has 0 fully saturated rings. The first-order valence-corrected chi connectivity index (χ1v) is 7.53. The van der Waals surface area contributed by atoms with Gasteiger partial charge >= 0.3 is 5.97 Å². The van der Waals surface area contributed by atoms with Crippen molar-refractivity contribution in [3.05, 3.63) is 82.9 Å². The monoisotopic (exact) mass is 344 g/mol. The summed E-state index contributed by atoms with van der Waals surface area (Å²) in [6.45, 7) is 0. The SMILES string of the molecule is COC(=O)/C=C/[C@@H](c1ccc(Br)cc1)C1C=CC=CC=C1. The Morgan fingerprint density at radius 1 is 1.14 bits per heavy atom. The zero-order valence-corrected chi connectivity index (χ0v) is 13.4. The van der Waals surface area contributed by atoms with Gasteiger partial charge in [-0.1, -0.05) is 70.6 Å². The van der Waals surface area contributed by atoms with Crippen molar-refractivity contribution >= 4 is 21.9 Å². The number of carbonyl (C=O) groups excluding carboxylic acids is 1. The number of esters is 1. The molecule has 0 heterocycles. The van der Waals surface area contributed by atoms with E-state index in [0.29, 0.717) is 0 Å². The van der Waals surface area contributed by atoms with Crippen molar-refractivity contribution in [2.75, 3.05) is 7.11 Å². The lowest BCUT2D eigenvalue weighted by Crippen LogP contribution is -2.07. The number of carbonyl (C=O) groups is 1. The number of benzene rings is 1. The van der Waals surface area contributed by atoms with Gasteiger partial charge in [0.15, 0.2) is 0 Å². The first kappa shape index (κ1) is 15.5. The Morgan fingerprint density at radius 3 is 2.33 bits per heavy atom. The third-order valence-electron chi connectivity index (χ3n) is 3.31. The maximum absolute atomic E-state index is 11.4. The van der Waals surface area contributed by atoms with E-state index in [0.717, 1.165) is 10.0 Å². The predicted octanol–water partition coefficient (Wildman–Crippen LogP) is 4.56. The van der Waals surface area contributed by atoms with E-state index in [1.54, 1.807) is 0 Å². The molecular weight excluding hydrogens is 328 g/mol. The van der Waals surface area contributed by atoms with Gasteiger partial charge in [0.25, 0.3) is 0 Å². The van der Waals surface area contributed by atoms with Crippen LogP contribution in [0.1, 0.15) is 11.5 Å². The van der Waals surface area contributed by atoms with Crippen molar-refractivity contribution in [1.82, 2.24) is 0 Å². The van der Waals surface area contributed by atoms with Gasteiger partial charge in [0, 0.05) is 22.4 Å². The molecule has 0 bridgehead atoms.